The summed E-state index contributed by atoms with van der Waals surface area (Å²) in [6.07, 6.45) is 3.95. The first kappa shape index (κ1) is 15.6. The van der Waals surface area contributed by atoms with Crippen LogP contribution >= 0.6 is 11.6 Å². The van der Waals surface area contributed by atoms with Crippen molar-refractivity contribution >= 4 is 27.3 Å². The monoisotopic (exact) mass is 316 g/mol. The zero-order valence-electron chi connectivity index (χ0n) is 11.8. The first-order chi connectivity index (χ1) is 9.32. The van der Waals surface area contributed by atoms with Crippen LogP contribution in [0.1, 0.15) is 32.6 Å². The van der Waals surface area contributed by atoms with E-state index >= 15 is 0 Å². The highest BCUT2D eigenvalue weighted by Crippen LogP contribution is 2.32. The minimum Gasteiger partial charge on any atom is -0.399 e. The van der Waals surface area contributed by atoms with Gasteiger partial charge in [-0.05, 0) is 49.8 Å². The summed E-state index contributed by atoms with van der Waals surface area (Å²) < 4.78 is 26.8. The van der Waals surface area contributed by atoms with Gasteiger partial charge in [0.05, 0.1) is 5.02 Å². The van der Waals surface area contributed by atoms with E-state index in [9.17, 15) is 8.42 Å². The number of hydrogen-bond donors (Lipinski definition) is 1. The van der Waals surface area contributed by atoms with Gasteiger partial charge < -0.3 is 5.73 Å². The standard InChI is InChI=1S/C14H21ClN2O2S/c1-10-3-6-12(7-4-10)17(2)20(18,19)14-8-5-11(16)9-13(14)15/h5,8-10,12H,3-4,6-7,16H2,1-2H3. The molecule has 1 aliphatic carbocycles. The second-order valence-electron chi connectivity index (χ2n) is 5.62. The molecule has 0 unspecified atom stereocenters. The van der Waals surface area contributed by atoms with Crippen LogP contribution in [0.5, 0.6) is 0 Å². The third-order valence-corrected chi connectivity index (χ3v) is 6.51. The van der Waals surface area contributed by atoms with Gasteiger partial charge in [0.1, 0.15) is 4.90 Å². The highest BCUT2D eigenvalue weighted by Gasteiger charge is 2.31. The lowest BCUT2D eigenvalue weighted by atomic mass is 9.87. The van der Waals surface area contributed by atoms with Crippen molar-refractivity contribution in [3.8, 4) is 0 Å². The Kier molecular flexibility index (Phi) is 4.62. The Labute approximate surface area is 126 Å². The Morgan fingerprint density at radius 1 is 1.25 bits per heavy atom. The average molecular weight is 317 g/mol. The number of halogens is 1. The minimum absolute atomic E-state index is 0.0600. The molecular weight excluding hydrogens is 296 g/mol. The van der Waals surface area contributed by atoms with Crippen molar-refractivity contribution < 1.29 is 8.42 Å². The summed E-state index contributed by atoms with van der Waals surface area (Å²) in [6, 6.07) is 4.58. The lowest BCUT2D eigenvalue weighted by Gasteiger charge is -2.33. The molecule has 112 valence electrons. The van der Waals surface area contributed by atoms with Crippen LogP contribution in [-0.4, -0.2) is 25.8 Å². The molecule has 2 N–H and O–H groups in total. The van der Waals surface area contributed by atoms with E-state index in [0.717, 1.165) is 25.7 Å². The molecule has 1 aromatic rings. The molecule has 2 rings (SSSR count). The van der Waals surface area contributed by atoms with Gasteiger partial charge in [-0.1, -0.05) is 18.5 Å². The summed E-state index contributed by atoms with van der Waals surface area (Å²) in [6.45, 7) is 2.21. The Hall–Kier alpha value is -0.780. The van der Waals surface area contributed by atoms with Gasteiger partial charge in [0.25, 0.3) is 0 Å². The number of nitrogens with zero attached hydrogens (tertiary/aromatic N) is 1. The topological polar surface area (TPSA) is 63.4 Å². The maximum absolute atomic E-state index is 12.6. The highest BCUT2D eigenvalue weighted by molar-refractivity contribution is 7.89. The fourth-order valence-electron chi connectivity index (χ4n) is 2.68. The molecule has 20 heavy (non-hydrogen) atoms. The van der Waals surface area contributed by atoms with Gasteiger partial charge in [-0.3, -0.25) is 0 Å². The van der Waals surface area contributed by atoms with Crippen molar-refractivity contribution in [3.63, 3.8) is 0 Å². The molecule has 6 heteroatoms. The summed E-state index contributed by atoms with van der Waals surface area (Å²) in [5, 5.41) is 0.182. The fourth-order valence-corrected chi connectivity index (χ4v) is 4.62. The van der Waals surface area contributed by atoms with E-state index in [-0.39, 0.29) is 16.0 Å². The van der Waals surface area contributed by atoms with Crippen molar-refractivity contribution in [3.05, 3.63) is 23.2 Å². The third kappa shape index (κ3) is 3.10. The second-order valence-corrected chi connectivity index (χ2v) is 8.00. The molecule has 4 nitrogen and oxygen atoms in total. The maximum Gasteiger partial charge on any atom is 0.244 e. The molecule has 0 radical (unpaired) electrons. The van der Waals surface area contributed by atoms with E-state index < -0.39 is 10.0 Å². The van der Waals surface area contributed by atoms with Crippen LogP contribution < -0.4 is 5.73 Å². The third-order valence-electron chi connectivity index (χ3n) is 4.11. The smallest absolute Gasteiger partial charge is 0.244 e. The Morgan fingerprint density at radius 2 is 1.85 bits per heavy atom. The first-order valence-corrected chi connectivity index (χ1v) is 8.67. The quantitative estimate of drug-likeness (QED) is 0.871. The predicted octanol–water partition coefficient (Wildman–Crippen LogP) is 3.12. The van der Waals surface area contributed by atoms with Crippen LogP contribution in [0.3, 0.4) is 0 Å². The van der Waals surface area contributed by atoms with Gasteiger partial charge >= 0.3 is 0 Å². The van der Waals surface area contributed by atoms with Crippen molar-refractivity contribution in [2.24, 2.45) is 5.92 Å². The Bertz CT molecular complexity index is 581. The predicted molar refractivity (Wildman–Crippen MR) is 82.2 cm³/mol. The van der Waals surface area contributed by atoms with Crippen LogP contribution in [0, 0.1) is 5.92 Å². The summed E-state index contributed by atoms with van der Waals surface area (Å²) in [5.41, 5.74) is 6.07. The zero-order valence-corrected chi connectivity index (χ0v) is 13.4. The van der Waals surface area contributed by atoms with E-state index in [0.29, 0.717) is 11.6 Å². The normalized spacial score (nSPS) is 24.0. The largest absolute Gasteiger partial charge is 0.399 e. The molecule has 0 spiro atoms. The van der Waals surface area contributed by atoms with Gasteiger partial charge in [-0.15, -0.1) is 0 Å². The van der Waals surface area contributed by atoms with Gasteiger partial charge in [-0.2, -0.15) is 4.31 Å². The van der Waals surface area contributed by atoms with Crippen LogP contribution in [-0.2, 0) is 10.0 Å². The summed E-state index contributed by atoms with van der Waals surface area (Å²) >= 11 is 6.03. The summed E-state index contributed by atoms with van der Waals surface area (Å²) in [7, 11) is -1.92. The molecule has 0 aliphatic heterocycles. The molecule has 0 bridgehead atoms. The number of nitrogen functional groups attached to an aromatic ring is 1. The summed E-state index contributed by atoms with van der Waals surface area (Å²) in [4.78, 5) is 0.134. The van der Waals surface area contributed by atoms with Gasteiger partial charge in [0, 0.05) is 18.8 Å². The number of anilines is 1. The second kappa shape index (κ2) is 5.92. The first-order valence-electron chi connectivity index (χ1n) is 6.85. The Morgan fingerprint density at radius 3 is 2.40 bits per heavy atom. The van der Waals surface area contributed by atoms with Gasteiger partial charge in [0.2, 0.25) is 10.0 Å². The van der Waals surface area contributed by atoms with Crippen LogP contribution in [0.4, 0.5) is 5.69 Å². The number of hydrogen-bond acceptors (Lipinski definition) is 3. The van der Waals surface area contributed by atoms with Crippen molar-refractivity contribution in [2.75, 3.05) is 12.8 Å². The molecule has 1 saturated carbocycles. The van der Waals surface area contributed by atoms with Crippen molar-refractivity contribution in [1.82, 2.24) is 4.31 Å². The highest BCUT2D eigenvalue weighted by atomic mass is 35.5. The number of rotatable bonds is 3. The average Bonchev–Trinajstić information content (AvgIpc) is 2.38. The van der Waals surface area contributed by atoms with Crippen LogP contribution in [0.25, 0.3) is 0 Å². The molecular formula is C14H21ClN2O2S. The molecule has 0 saturated heterocycles. The van der Waals surface area contributed by atoms with E-state index in [2.05, 4.69) is 6.92 Å². The summed E-state index contributed by atoms with van der Waals surface area (Å²) in [5.74, 6) is 0.683. The van der Waals surface area contributed by atoms with Gasteiger partial charge in [0.15, 0.2) is 0 Å². The number of sulfonamides is 1. The lowest BCUT2D eigenvalue weighted by Crippen LogP contribution is -2.39. The lowest BCUT2D eigenvalue weighted by molar-refractivity contribution is 0.246. The van der Waals surface area contributed by atoms with Crippen LogP contribution in [0.15, 0.2) is 23.1 Å². The maximum atomic E-state index is 12.6. The van der Waals surface area contributed by atoms with E-state index in [1.165, 1.54) is 16.4 Å². The zero-order chi connectivity index (χ0) is 14.9. The molecule has 0 heterocycles. The van der Waals surface area contributed by atoms with Crippen LogP contribution in [0.2, 0.25) is 5.02 Å². The molecule has 0 amide bonds. The van der Waals surface area contributed by atoms with Crippen molar-refractivity contribution in [2.45, 2.75) is 43.5 Å². The molecule has 1 aromatic carbocycles. The van der Waals surface area contributed by atoms with Crippen molar-refractivity contribution in [1.29, 1.82) is 0 Å². The minimum atomic E-state index is -3.56. The van der Waals surface area contributed by atoms with Gasteiger partial charge in [-0.25, -0.2) is 8.42 Å². The molecule has 1 aliphatic rings. The van der Waals surface area contributed by atoms with E-state index in [4.69, 9.17) is 17.3 Å². The number of nitrogens with two attached hydrogens (primary N) is 1. The Balaban J connectivity index is 2.25. The van der Waals surface area contributed by atoms with E-state index in [1.807, 2.05) is 0 Å². The fraction of sp³-hybridized carbons (Fsp3) is 0.571. The SMILES string of the molecule is CC1CCC(N(C)S(=O)(=O)c2ccc(N)cc2Cl)CC1. The van der Waals surface area contributed by atoms with E-state index in [1.54, 1.807) is 13.1 Å². The molecule has 0 aromatic heterocycles. The number of benzene rings is 1. The molecule has 0 atom stereocenters. The molecule has 1 fully saturated rings.